The zero-order chi connectivity index (χ0) is 23.6. The Bertz CT molecular complexity index is 995. The van der Waals surface area contributed by atoms with Gasteiger partial charge in [-0.15, -0.1) is 0 Å². The second-order valence-electron chi connectivity index (χ2n) is 8.23. The Balaban J connectivity index is 2.11. The van der Waals surface area contributed by atoms with Crippen molar-refractivity contribution < 1.29 is 27.1 Å². The SMILES string of the molecule is CCS(=O)(=O)/C(C(C)=N)=C(\C)Nc1cc(OC2CN(C(=O)OC(C)(C)C)C2)c(F)cn1. The number of halogens is 1. The number of amides is 1. The zero-order valence-electron chi connectivity index (χ0n) is 18.6. The average molecular weight is 457 g/mol. The van der Waals surface area contributed by atoms with Crippen molar-refractivity contribution in [2.75, 3.05) is 24.2 Å². The molecule has 0 spiro atoms. The standard InChI is InChI=1S/C20H29FN4O5S/c1-7-31(27,28)18(12(2)22)13(3)24-17-8-16(15(21)9-23-17)29-14-10-25(11-14)19(26)30-20(4,5)6/h8-9,14,22H,7,10-11H2,1-6H3,(H,23,24)/b18-13+,22-12?. The highest BCUT2D eigenvalue weighted by molar-refractivity contribution is 7.96. The molecule has 1 amide bonds. The lowest BCUT2D eigenvalue weighted by Crippen LogP contribution is -2.57. The minimum Gasteiger partial charge on any atom is -0.483 e. The number of pyridine rings is 1. The van der Waals surface area contributed by atoms with Gasteiger partial charge in [-0.3, -0.25) is 0 Å². The molecule has 1 aromatic heterocycles. The molecule has 0 bridgehead atoms. The average Bonchev–Trinajstić information content (AvgIpc) is 2.57. The van der Waals surface area contributed by atoms with E-state index in [1.165, 1.54) is 31.7 Å². The predicted octanol–water partition coefficient (Wildman–Crippen LogP) is 3.34. The summed E-state index contributed by atoms with van der Waals surface area (Å²) in [6.07, 6.45) is 0.0895. The molecule has 1 aliphatic rings. The highest BCUT2D eigenvalue weighted by atomic mass is 32.2. The van der Waals surface area contributed by atoms with E-state index >= 15 is 0 Å². The maximum atomic E-state index is 14.2. The first-order valence-electron chi connectivity index (χ1n) is 9.79. The van der Waals surface area contributed by atoms with E-state index in [2.05, 4.69) is 10.3 Å². The Kier molecular flexibility index (Phi) is 7.30. The predicted molar refractivity (Wildman–Crippen MR) is 116 cm³/mol. The molecule has 2 heterocycles. The quantitative estimate of drug-likeness (QED) is 0.604. The van der Waals surface area contributed by atoms with E-state index in [4.69, 9.17) is 14.9 Å². The second kappa shape index (κ2) is 9.21. The van der Waals surface area contributed by atoms with E-state index in [9.17, 15) is 17.6 Å². The fourth-order valence-electron chi connectivity index (χ4n) is 2.89. The van der Waals surface area contributed by atoms with Crippen molar-refractivity contribution in [3.63, 3.8) is 0 Å². The summed E-state index contributed by atoms with van der Waals surface area (Å²) in [6.45, 7) is 10.2. The number of nitrogens with zero attached hydrogens (tertiary/aromatic N) is 2. The lowest BCUT2D eigenvalue weighted by Gasteiger charge is -2.39. The highest BCUT2D eigenvalue weighted by Gasteiger charge is 2.35. The Labute approximate surface area is 182 Å². The Morgan fingerprint density at radius 3 is 2.48 bits per heavy atom. The molecule has 1 saturated heterocycles. The van der Waals surface area contributed by atoms with Gasteiger partial charge >= 0.3 is 6.09 Å². The number of aromatic nitrogens is 1. The number of hydrogen-bond acceptors (Lipinski definition) is 8. The molecule has 2 N–H and O–H groups in total. The van der Waals surface area contributed by atoms with Gasteiger partial charge in [0.05, 0.1) is 25.0 Å². The van der Waals surface area contributed by atoms with Crippen LogP contribution in [0.5, 0.6) is 5.75 Å². The second-order valence-corrected chi connectivity index (χ2v) is 10.4. The molecule has 2 rings (SSSR count). The van der Waals surface area contributed by atoms with Crippen LogP contribution in [0.1, 0.15) is 41.5 Å². The van der Waals surface area contributed by atoms with Crippen LogP contribution in [0.2, 0.25) is 0 Å². The first-order valence-corrected chi connectivity index (χ1v) is 11.4. The van der Waals surface area contributed by atoms with E-state index < -0.39 is 33.5 Å². The largest absolute Gasteiger partial charge is 0.483 e. The number of allylic oxidation sites excluding steroid dienone is 2. The Hall–Kier alpha value is -2.69. The van der Waals surface area contributed by atoms with E-state index in [1.807, 2.05) is 0 Å². The molecule has 0 atom stereocenters. The van der Waals surface area contributed by atoms with Crippen LogP contribution in [0.4, 0.5) is 15.0 Å². The first kappa shape index (κ1) is 24.6. The summed E-state index contributed by atoms with van der Waals surface area (Å²) in [5.41, 5.74) is -0.508. The number of hydrogen-bond donors (Lipinski definition) is 2. The molecule has 1 aromatic rings. The smallest absolute Gasteiger partial charge is 0.410 e. The number of rotatable bonds is 7. The van der Waals surface area contributed by atoms with Crippen LogP contribution < -0.4 is 10.1 Å². The van der Waals surface area contributed by atoms with Crippen LogP contribution in [-0.2, 0) is 14.6 Å². The normalized spacial score (nSPS) is 15.6. The summed E-state index contributed by atoms with van der Waals surface area (Å²) >= 11 is 0. The van der Waals surface area contributed by atoms with E-state index in [-0.39, 0.29) is 46.7 Å². The van der Waals surface area contributed by atoms with Gasteiger partial charge in [0, 0.05) is 17.5 Å². The third-order valence-electron chi connectivity index (χ3n) is 4.30. The van der Waals surface area contributed by atoms with Gasteiger partial charge in [0.25, 0.3) is 0 Å². The van der Waals surface area contributed by atoms with Crippen LogP contribution in [0.3, 0.4) is 0 Å². The summed E-state index contributed by atoms with van der Waals surface area (Å²) in [5.74, 6) is -0.751. The minimum absolute atomic E-state index is 0.0781. The molecule has 1 fully saturated rings. The molecule has 11 heteroatoms. The highest BCUT2D eigenvalue weighted by Crippen LogP contribution is 2.26. The van der Waals surface area contributed by atoms with E-state index in [0.29, 0.717) is 0 Å². The number of carbonyl (C=O) groups is 1. The molecule has 0 aliphatic carbocycles. The number of anilines is 1. The number of carbonyl (C=O) groups excluding carboxylic acids is 1. The molecule has 0 radical (unpaired) electrons. The number of ether oxygens (including phenoxy) is 2. The van der Waals surface area contributed by atoms with Crippen molar-refractivity contribution in [1.82, 2.24) is 9.88 Å². The van der Waals surface area contributed by atoms with Crippen molar-refractivity contribution in [3.05, 3.63) is 28.7 Å². The van der Waals surface area contributed by atoms with E-state index in [0.717, 1.165) is 6.20 Å². The number of nitrogens with one attached hydrogen (secondary N) is 2. The Morgan fingerprint density at radius 2 is 1.97 bits per heavy atom. The van der Waals surface area contributed by atoms with Crippen LogP contribution in [0.25, 0.3) is 0 Å². The maximum Gasteiger partial charge on any atom is 0.410 e. The lowest BCUT2D eigenvalue weighted by atomic mass is 10.1. The minimum atomic E-state index is -3.63. The van der Waals surface area contributed by atoms with Crippen molar-refractivity contribution in [2.24, 2.45) is 0 Å². The maximum absolute atomic E-state index is 14.2. The van der Waals surface area contributed by atoms with Crippen molar-refractivity contribution in [2.45, 2.75) is 53.2 Å². The molecule has 31 heavy (non-hydrogen) atoms. The third-order valence-corrected chi connectivity index (χ3v) is 6.30. The van der Waals surface area contributed by atoms with Gasteiger partial charge in [0.1, 0.15) is 22.4 Å². The van der Waals surface area contributed by atoms with Gasteiger partial charge in [-0.2, -0.15) is 0 Å². The molecule has 172 valence electrons. The summed E-state index contributed by atoms with van der Waals surface area (Å²) in [6, 6.07) is 1.31. The fraction of sp³-hybridized carbons (Fsp3) is 0.550. The van der Waals surface area contributed by atoms with Crippen LogP contribution in [-0.4, -0.2) is 60.7 Å². The van der Waals surface area contributed by atoms with Crippen molar-refractivity contribution >= 4 is 27.5 Å². The third kappa shape index (κ3) is 6.39. The summed E-state index contributed by atoms with van der Waals surface area (Å²) in [5, 5.41) is 10.6. The van der Waals surface area contributed by atoms with Crippen LogP contribution in [0.15, 0.2) is 22.9 Å². The molecule has 0 unspecified atom stereocenters. The lowest BCUT2D eigenvalue weighted by molar-refractivity contribution is -0.0229. The monoisotopic (exact) mass is 456 g/mol. The number of sulfone groups is 1. The zero-order valence-corrected chi connectivity index (χ0v) is 19.4. The van der Waals surface area contributed by atoms with Gasteiger partial charge in [-0.25, -0.2) is 22.6 Å². The van der Waals surface area contributed by atoms with Gasteiger partial charge in [-0.05, 0) is 34.6 Å². The topological polar surface area (TPSA) is 122 Å². The summed E-state index contributed by atoms with van der Waals surface area (Å²) in [4.78, 5) is 17.2. The molecule has 0 saturated carbocycles. The first-order chi connectivity index (χ1) is 14.2. The molecular weight excluding hydrogens is 427 g/mol. The fourth-order valence-corrected chi connectivity index (χ4v) is 4.16. The summed E-state index contributed by atoms with van der Waals surface area (Å²) in [7, 11) is -3.63. The van der Waals surface area contributed by atoms with E-state index in [1.54, 1.807) is 20.8 Å². The molecular formula is C20H29FN4O5S. The molecule has 1 aliphatic heterocycles. The van der Waals surface area contributed by atoms with Crippen molar-refractivity contribution in [1.29, 1.82) is 5.41 Å². The van der Waals surface area contributed by atoms with Gasteiger partial charge in [0.15, 0.2) is 21.4 Å². The van der Waals surface area contributed by atoms with Crippen molar-refractivity contribution in [3.8, 4) is 5.75 Å². The molecule has 9 nitrogen and oxygen atoms in total. The van der Waals surface area contributed by atoms with Gasteiger partial charge < -0.3 is 25.1 Å². The van der Waals surface area contributed by atoms with Gasteiger partial charge in [0.2, 0.25) is 0 Å². The van der Waals surface area contributed by atoms with Crippen LogP contribution >= 0.6 is 0 Å². The Morgan fingerprint density at radius 1 is 1.35 bits per heavy atom. The number of likely N-dealkylation sites (tertiary alicyclic amines) is 1. The summed E-state index contributed by atoms with van der Waals surface area (Å²) < 4.78 is 49.6. The van der Waals surface area contributed by atoms with Gasteiger partial charge in [-0.1, -0.05) is 6.92 Å². The molecule has 0 aromatic carbocycles. The van der Waals surface area contributed by atoms with Crippen LogP contribution in [0, 0.1) is 11.2 Å².